The van der Waals surface area contributed by atoms with Crippen LogP contribution in [0.2, 0.25) is 0 Å². The third-order valence-corrected chi connectivity index (χ3v) is 4.18. The van der Waals surface area contributed by atoms with E-state index in [1.165, 1.54) is 5.56 Å². The lowest BCUT2D eigenvalue weighted by Crippen LogP contribution is -1.82. The monoisotopic (exact) mass is 326 g/mol. The molecule has 25 heavy (non-hydrogen) atoms. The number of aryl methyl sites for hydroxylation is 1. The summed E-state index contributed by atoms with van der Waals surface area (Å²) >= 11 is 0. The smallest absolute Gasteiger partial charge is 0.187 e. The van der Waals surface area contributed by atoms with Gasteiger partial charge in [0.05, 0.1) is 5.69 Å². The molecule has 4 rings (SSSR count). The SMILES string of the molecule is CCc1ccccc1N=Nc1c(-c2ccccc2)nc2ccccn12. The molecule has 122 valence electrons. The van der Waals surface area contributed by atoms with Crippen LogP contribution in [0.1, 0.15) is 12.5 Å². The summed E-state index contributed by atoms with van der Waals surface area (Å²) in [5, 5.41) is 9.09. The van der Waals surface area contributed by atoms with Crippen LogP contribution in [0.5, 0.6) is 0 Å². The standard InChI is InChI=1S/C21H18N4/c1-2-16-10-6-7-13-18(16)23-24-21-20(17-11-4-3-5-12-17)22-19-14-8-9-15-25(19)21/h3-15H,2H2,1H3. The summed E-state index contributed by atoms with van der Waals surface area (Å²) in [5.74, 6) is 0.743. The Morgan fingerprint density at radius 1 is 0.840 bits per heavy atom. The van der Waals surface area contributed by atoms with Crippen molar-refractivity contribution in [3.63, 3.8) is 0 Å². The third-order valence-electron chi connectivity index (χ3n) is 4.18. The molecule has 0 spiro atoms. The predicted molar refractivity (Wildman–Crippen MR) is 101 cm³/mol. The molecule has 0 aliphatic heterocycles. The fourth-order valence-corrected chi connectivity index (χ4v) is 2.88. The fourth-order valence-electron chi connectivity index (χ4n) is 2.88. The van der Waals surface area contributed by atoms with Crippen molar-refractivity contribution in [2.24, 2.45) is 10.2 Å². The highest BCUT2D eigenvalue weighted by atomic mass is 15.2. The molecule has 0 aliphatic carbocycles. The van der Waals surface area contributed by atoms with Crippen molar-refractivity contribution < 1.29 is 0 Å². The average Bonchev–Trinajstić information content (AvgIpc) is 3.06. The Bertz CT molecular complexity index is 1030. The number of imidazole rings is 1. The summed E-state index contributed by atoms with van der Waals surface area (Å²) in [6, 6.07) is 24.1. The zero-order chi connectivity index (χ0) is 17.1. The summed E-state index contributed by atoms with van der Waals surface area (Å²) in [4.78, 5) is 4.75. The van der Waals surface area contributed by atoms with Gasteiger partial charge in [-0.15, -0.1) is 10.2 Å². The van der Waals surface area contributed by atoms with Gasteiger partial charge in [0.15, 0.2) is 5.82 Å². The number of nitrogens with zero attached hydrogens (tertiary/aromatic N) is 4. The molecule has 4 heteroatoms. The zero-order valence-electron chi connectivity index (χ0n) is 14.0. The first kappa shape index (κ1) is 15.3. The second kappa shape index (κ2) is 6.69. The molecule has 0 fully saturated rings. The van der Waals surface area contributed by atoms with Crippen LogP contribution in [0.3, 0.4) is 0 Å². The second-order valence-electron chi connectivity index (χ2n) is 5.76. The first-order valence-corrected chi connectivity index (χ1v) is 8.39. The van der Waals surface area contributed by atoms with Crippen molar-refractivity contribution in [2.75, 3.05) is 0 Å². The van der Waals surface area contributed by atoms with Crippen molar-refractivity contribution >= 4 is 17.2 Å². The number of benzene rings is 2. The van der Waals surface area contributed by atoms with Gasteiger partial charge >= 0.3 is 0 Å². The molecule has 0 saturated carbocycles. The first-order valence-electron chi connectivity index (χ1n) is 8.39. The maximum atomic E-state index is 4.75. The molecule has 0 radical (unpaired) electrons. The molecule has 0 N–H and O–H groups in total. The fraction of sp³-hybridized carbons (Fsp3) is 0.0952. The zero-order valence-corrected chi connectivity index (χ0v) is 14.0. The molecule has 0 amide bonds. The largest absolute Gasteiger partial charge is 0.283 e. The van der Waals surface area contributed by atoms with Crippen molar-refractivity contribution in [1.29, 1.82) is 0 Å². The minimum atomic E-state index is 0.743. The van der Waals surface area contributed by atoms with Gasteiger partial charge in [-0.1, -0.05) is 61.5 Å². The highest BCUT2D eigenvalue weighted by Gasteiger charge is 2.13. The number of hydrogen-bond acceptors (Lipinski definition) is 3. The average molecular weight is 326 g/mol. The van der Waals surface area contributed by atoms with Gasteiger partial charge in [0.1, 0.15) is 11.3 Å². The van der Waals surface area contributed by atoms with E-state index >= 15 is 0 Å². The highest BCUT2D eigenvalue weighted by molar-refractivity contribution is 5.74. The van der Waals surface area contributed by atoms with Gasteiger partial charge in [0.2, 0.25) is 0 Å². The Morgan fingerprint density at radius 2 is 1.60 bits per heavy atom. The van der Waals surface area contributed by atoms with Crippen molar-refractivity contribution in [2.45, 2.75) is 13.3 Å². The molecule has 0 aliphatic rings. The van der Waals surface area contributed by atoms with Gasteiger partial charge < -0.3 is 0 Å². The number of fused-ring (bicyclic) bond motifs is 1. The summed E-state index contributed by atoms with van der Waals surface area (Å²) < 4.78 is 1.97. The maximum Gasteiger partial charge on any atom is 0.187 e. The number of azo groups is 1. The van der Waals surface area contributed by atoms with Gasteiger partial charge in [0, 0.05) is 11.8 Å². The van der Waals surface area contributed by atoms with Crippen LogP contribution >= 0.6 is 0 Å². The molecule has 4 nitrogen and oxygen atoms in total. The van der Waals surface area contributed by atoms with E-state index in [9.17, 15) is 0 Å². The van der Waals surface area contributed by atoms with Gasteiger partial charge in [-0.2, -0.15) is 0 Å². The van der Waals surface area contributed by atoms with Gasteiger partial charge in [0.25, 0.3) is 0 Å². The highest BCUT2D eigenvalue weighted by Crippen LogP contribution is 2.32. The Morgan fingerprint density at radius 3 is 2.44 bits per heavy atom. The minimum absolute atomic E-state index is 0.743. The Labute approximate surface area is 146 Å². The van der Waals surface area contributed by atoms with E-state index in [1.54, 1.807) is 0 Å². The van der Waals surface area contributed by atoms with Crippen LogP contribution in [0, 0.1) is 0 Å². The van der Waals surface area contributed by atoms with E-state index in [1.807, 2.05) is 77.3 Å². The van der Waals surface area contributed by atoms with Gasteiger partial charge in [-0.25, -0.2) is 4.98 Å². The van der Waals surface area contributed by atoms with Crippen molar-refractivity contribution in [1.82, 2.24) is 9.38 Å². The van der Waals surface area contributed by atoms with Crippen LogP contribution < -0.4 is 0 Å². The van der Waals surface area contributed by atoms with Gasteiger partial charge in [-0.3, -0.25) is 4.40 Å². The quantitative estimate of drug-likeness (QED) is 0.425. The first-order chi connectivity index (χ1) is 12.4. The topological polar surface area (TPSA) is 42.0 Å². The second-order valence-corrected chi connectivity index (χ2v) is 5.76. The molecule has 0 bridgehead atoms. The Kier molecular flexibility index (Phi) is 4.09. The lowest BCUT2D eigenvalue weighted by atomic mass is 10.1. The summed E-state index contributed by atoms with van der Waals surface area (Å²) in [5.41, 5.74) is 4.81. The summed E-state index contributed by atoms with van der Waals surface area (Å²) in [6.07, 6.45) is 2.89. The van der Waals surface area contributed by atoms with E-state index in [2.05, 4.69) is 23.2 Å². The molecule has 0 atom stereocenters. The summed E-state index contributed by atoms with van der Waals surface area (Å²) in [6.45, 7) is 2.12. The van der Waals surface area contributed by atoms with E-state index in [4.69, 9.17) is 4.98 Å². The Balaban J connectivity index is 1.87. The number of hydrogen-bond donors (Lipinski definition) is 0. The van der Waals surface area contributed by atoms with Crippen LogP contribution in [-0.2, 0) is 6.42 Å². The van der Waals surface area contributed by atoms with Gasteiger partial charge in [-0.05, 0) is 30.2 Å². The number of pyridine rings is 1. The van der Waals surface area contributed by atoms with E-state index in [0.29, 0.717) is 0 Å². The molecule has 2 aromatic carbocycles. The van der Waals surface area contributed by atoms with E-state index in [-0.39, 0.29) is 0 Å². The summed E-state index contributed by atoms with van der Waals surface area (Å²) in [7, 11) is 0. The van der Waals surface area contributed by atoms with E-state index < -0.39 is 0 Å². The molecule has 4 aromatic rings. The van der Waals surface area contributed by atoms with Crippen molar-refractivity contribution in [3.05, 3.63) is 84.6 Å². The van der Waals surface area contributed by atoms with Crippen molar-refractivity contribution in [3.8, 4) is 11.3 Å². The number of aromatic nitrogens is 2. The third kappa shape index (κ3) is 2.94. The van der Waals surface area contributed by atoms with E-state index in [0.717, 1.165) is 34.8 Å². The molecular formula is C21H18N4. The molecular weight excluding hydrogens is 308 g/mol. The minimum Gasteiger partial charge on any atom is -0.283 e. The van der Waals surface area contributed by atoms with Crippen LogP contribution in [0.25, 0.3) is 16.9 Å². The normalized spacial score (nSPS) is 11.4. The lowest BCUT2D eigenvalue weighted by Gasteiger charge is -2.02. The van der Waals surface area contributed by atoms with Crippen LogP contribution in [0.4, 0.5) is 11.5 Å². The number of rotatable bonds is 4. The molecule has 2 aromatic heterocycles. The van der Waals surface area contributed by atoms with Crippen LogP contribution in [0.15, 0.2) is 89.2 Å². The molecule has 0 saturated heterocycles. The maximum absolute atomic E-state index is 4.75. The lowest BCUT2D eigenvalue weighted by molar-refractivity contribution is 1.08. The predicted octanol–water partition coefficient (Wildman–Crippen LogP) is 5.98. The van der Waals surface area contributed by atoms with Crippen LogP contribution in [-0.4, -0.2) is 9.38 Å². The molecule has 0 unspecified atom stereocenters. The molecule has 2 heterocycles. The Hall–Kier alpha value is -3.27.